The molecule has 0 aromatic heterocycles. The van der Waals surface area contributed by atoms with Crippen LogP contribution in [-0.2, 0) is 0 Å². The second-order valence-corrected chi connectivity index (χ2v) is 5.27. The fourth-order valence-electron chi connectivity index (χ4n) is 3.52. The fraction of sp³-hybridized carbons (Fsp3) is 0.846. The summed E-state index contributed by atoms with van der Waals surface area (Å²) in [5.41, 5.74) is 0.656. The fourth-order valence-corrected chi connectivity index (χ4v) is 3.52. The van der Waals surface area contributed by atoms with Gasteiger partial charge in [0.2, 0.25) is 0 Å². The van der Waals surface area contributed by atoms with E-state index in [0.29, 0.717) is 5.41 Å². The maximum atomic E-state index is 3.28. The molecule has 0 heteroatoms. The normalized spacial score (nSPS) is 42.8. The van der Waals surface area contributed by atoms with E-state index in [-0.39, 0.29) is 0 Å². The molecule has 0 aromatic carbocycles. The second kappa shape index (κ2) is 3.05. The largest absolute Gasteiger partial charge is 0.103 e. The molecule has 1 fully saturated rings. The molecule has 72 valence electrons. The zero-order valence-electron chi connectivity index (χ0n) is 9.06. The Morgan fingerprint density at radius 2 is 1.92 bits per heavy atom. The first kappa shape index (κ1) is 9.13. The zero-order valence-corrected chi connectivity index (χ0v) is 9.06. The van der Waals surface area contributed by atoms with Crippen molar-refractivity contribution in [3.8, 4) is 11.8 Å². The van der Waals surface area contributed by atoms with Crippen molar-refractivity contribution in [1.82, 2.24) is 0 Å². The van der Waals surface area contributed by atoms with Crippen LogP contribution >= 0.6 is 0 Å². The number of hydrogen-bond acceptors (Lipinski definition) is 0. The van der Waals surface area contributed by atoms with Crippen LogP contribution in [0.5, 0.6) is 0 Å². The molecule has 0 amide bonds. The van der Waals surface area contributed by atoms with E-state index in [9.17, 15) is 0 Å². The molecular formula is C13H20. The van der Waals surface area contributed by atoms with Crippen LogP contribution in [0.4, 0.5) is 0 Å². The first-order chi connectivity index (χ1) is 6.16. The van der Waals surface area contributed by atoms with Gasteiger partial charge in [0.1, 0.15) is 0 Å². The van der Waals surface area contributed by atoms with Gasteiger partial charge < -0.3 is 0 Å². The average molecular weight is 176 g/mol. The Morgan fingerprint density at radius 3 is 2.62 bits per heavy atom. The molecule has 3 atom stereocenters. The van der Waals surface area contributed by atoms with Crippen molar-refractivity contribution in [1.29, 1.82) is 0 Å². The smallest absolute Gasteiger partial charge is 0.00940 e. The van der Waals surface area contributed by atoms with Crippen molar-refractivity contribution in [3.05, 3.63) is 0 Å². The summed E-state index contributed by atoms with van der Waals surface area (Å²) < 4.78 is 0. The minimum atomic E-state index is 0.656. The Morgan fingerprint density at radius 1 is 1.23 bits per heavy atom. The molecule has 1 saturated carbocycles. The third-order valence-electron chi connectivity index (χ3n) is 4.15. The Balaban J connectivity index is 2.08. The van der Waals surface area contributed by atoms with Crippen LogP contribution in [0.25, 0.3) is 0 Å². The maximum Gasteiger partial charge on any atom is 0.00940 e. The maximum absolute atomic E-state index is 3.28. The van der Waals surface area contributed by atoms with Crippen LogP contribution < -0.4 is 0 Å². The van der Waals surface area contributed by atoms with Gasteiger partial charge in [0.25, 0.3) is 0 Å². The Hall–Kier alpha value is -0.440. The standard InChI is InChI=1S/C13H20/c1-10(2)12-11-8-6-4-5-7-9-13(11,12)3/h10-12H,6-9H2,1-3H3. The number of hydrogen-bond donors (Lipinski definition) is 0. The molecule has 0 aromatic rings. The molecule has 0 bridgehead atoms. The SMILES string of the molecule is CC(C)C1C2CCC#CCCC21C. The molecule has 13 heavy (non-hydrogen) atoms. The van der Waals surface area contributed by atoms with Crippen LogP contribution in [0.2, 0.25) is 0 Å². The quantitative estimate of drug-likeness (QED) is 0.537. The molecule has 0 radical (unpaired) electrons. The van der Waals surface area contributed by atoms with Crippen LogP contribution in [0.15, 0.2) is 0 Å². The minimum absolute atomic E-state index is 0.656. The topological polar surface area (TPSA) is 0 Å². The van der Waals surface area contributed by atoms with E-state index < -0.39 is 0 Å². The van der Waals surface area contributed by atoms with Gasteiger partial charge in [0.15, 0.2) is 0 Å². The van der Waals surface area contributed by atoms with E-state index in [2.05, 4.69) is 32.6 Å². The van der Waals surface area contributed by atoms with Crippen molar-refractivity contribution in [2.75, 3.05) is 0 Å². The highest BCUT2D eigenvalue weighted by Gasteiger charge is 2.60. The Labute approximate surface area is 82.1 Å². The Kier molecular flexibility index (Phi) is 2.14. The molecule has 2 rings (SSSR count). The molecule has 0 aliphatic heterocycles. The van der Waals surface area contributed by atoms with Gasteiger partial charge in [-0.2, -0.15) is 0 Å². The summed E-state index contributed by atoms with van der Waals surface area (Å²) >= 11 is 0. The molecule has 0 saturated heterocycles. The highest BCUT2D eigenvalue weighted by molar-refractivity contribution is 5.14. The van der Waals surface area contributed by atoms with E-state index in [1.54, 1.807) is 0 Å². The van der Waals surface area contributed by atoms with Gasteiger partial charge in [-0.15, -0.1) is 11.8 Å². The van der Waals surface area contributed by atoms with Crippen molar-refractivity contribution in [3.63, 3.8) is 0 Å². The third kappa shape index (κ3) is 1.39. The van der Waals surface area contributed by atoms with Crippen LogP contribution in [0.1, 0.15) is 46.5 Å². The summed E-state index contributed by atoms with van der Waals surface area (Å²) in [5.74, 6) is 9.39. The first-order valence-corrected chi connectivity index (χ1v) is 5.62. The van der Waals surface area contributed by atoms with Crippen molar-refractivity contribution >= 4 is 0 Å². The van der Waals surface area contributed by atoms with Gasteiger partial charge in [0, 0.05) is 12.8 Å². The van der Waals surface area contributed by atoms with Crippen molar-refractivity contribution in [2.24, 2.45) is 23.2 Å². The molecular weight excluding hydrogens is 156 g/mol. The van der Waals surface area contributed by atoms with Gasteiger partial charge in [0.05, 0.1) is 0 Å². The van der Waals surface area contributed by atoms with E-state index >= 15 is 0 Å². The second-order valence-electron chi connectivity index (χ2n) is 5.27. The van der Waals surface area contributed by atoms with Crippen LogP contribution in [-0.4, -0.2) is 0 Å². The predicted molar refractivity (Wildman–Crippen MR) is 56.2 cm³/mol. The third-order valence-corrected chi connectivity index (χ3v) is 4.15. The van der Waals surface area contributed by atoms with E-state index in [1.165, 1.54) is 12.8 Å². The lowest BCUT2D eigenvalue weighted by Crippen LogP contribution is -2.03. The van der Waals surface area contributed by atoms with Crippen molar-refractivity contribution < 1.29 is 0 Å². The lowest BCUT2D eigenvalue weighted by atomic mass is 9.93. The summed E-state index contributed by atoms with van der Waals surface area (Å²) in [4.78, 5) is 0. The molecule has 3 unspecified atom stereocenters. The van der Waals surface area contributed by atoms with Gasteiger partial charge in [-0.05, 0) is 36.0 Å². The Bertz CT molecular complexity index is 253. The first-order valence-electron chi connectivity index (χ1n) is 5.62. The summed E-state index contributed by atoms with van der Waals surface area (Å²) in [7, 11) is 0. The van der Waals surface area contributed by atoms with Gasteiger partial charge >= 0.3 is 0 Å². The molecule has 0 nitrogen and oxygen atoms in total. The molecule has 2 aliphatic rings. The minimum Gasteiger partial charge on any atom is -0.103 e. The average Bonchev–Trinajstić information content (AvgIpc) is 2.57. The van der Waals surface area contributed by atoms with E-state index in [4.69, 9.17) is 0 Å². The number of fused-ring (bicyclic) bond motifs is 1. The molecule has 0 N–H and O–H groups in total. The summed E-state index contributed by atoms with van der Waals surface area (Å²) in [6.07, 6.45) is 4.97. The lowest BCUT2D eigenvalue weighted by Gasteiger charge is -2.11. The van der Waals surface area contributed by atoms with Crippen LogP contribution in [0, 0.1) is 35.0 Å². The van der Waals surface area contributed by atoms with Crippen LogP contribution in [0.3, 0.4) is 0 Å². The number of rotatable bonds is 1. The highest BCUT2D eigenvalue weighted by atomic mass is 14.6. The lowest BCUT2D eigenvalue weighted by molar-refractivity contribution is 0.397. The van der Waals surface area contributed by atoms with E-state index in [0.717, 1.165) is 30.6 Å². The molecule has 2 aliphatic carbocycles. The van der Waals surface area contributed by atoms with Crippen molar-refractivity contribution in [2.45, 2.75) is 46.5 Å². The van der Waals surface area contributed by atoms with E-state index in [1.807, 2.05) is 0 Å². The molecule has 0 spiro atoms. The summed E-state index contributed by atoms with van der Waals surface area (Å²) in [5, 5.41) is 0. The summed E-state index contributed by atoms with van der Waals surface area (Å²) in [6.45, 7) is 7.23. The van der Waals surface area contributed by atoms with Gasteiger partial charge in [-0.1, -0.05) is 20.8 Å². The summed E-state index contributed by atoms with van der Waals surface area (Å²) in [6, 6.07) is 0. The monoisotopic (exact) mass is 176 g/mol. The zero-order chi connectivity index (χ0) is 9.47. The van der Waals surface area contributed by atoms with Gasteiger partial charge in [-0.3, -0.25) is 0 Å². The van der Waals surface area contributed by atoms with Gasteiger partial charge in [-0.25, -0.2) is 0 Å². The molecule has 0 heterocycles. The highest BCUT2D eigenvalue weighted by Crippen LogP contribution is 2.66. The predicted octanol–water partition coefficient (Wildman–Crippen LogP) is 3.47.